The Labute approximate surface area is 174 Å². The van der Waals surface area contributed by atoms with Crippen LogP contribution in [0.5, 0.6) is 5.75 Å². The second-order valence-electron chi connectivity index (χ2n) is 8.01. The number of hydrogen-bond donors (Lipinski definition) is 0. The molecule has 2 aliphatic rings. The minimum atomic E-state index is -0.270. The van der Waals surface area contributed by atoms with Crippen molar-refractivity contribution in [2.45, 2.75) is 50.4 Å². The van der Waals surface area contributed by atoms with E-state index in [9.17, 15) is 9.18 Å². The van der Waals surface area contributed by atoms with Crippen LogP contribution in [0, 0.1) is 5.82 Å². The fraction of sp³-hybridized carbons (Fsp3) is 0.348. The zero-order valence-electron chi connectivity index (χ0n) is 16.5. The molecule has 154 valence electrons. The predicted octanol–water partition coefficient (Wildman–Crippen LogP) is 3.69. The number of carbonyl (C=O) groups is 1. The van der Waals surface area contributed by atoms with Crippen molar-refractivity contribution < 1.29 is 13.9 Å². The first kappa shape index (κ1) is 18.8. The molecule has 6 nitrogen and oxygen atoms in total. The Morgan fingerprint density at radius 2 is 1.73 bits per heavy atom. The molecule has 2 aromatic heterocycles. The van der Waals surface area contributed by atoms with Crippen molar-refractivity contribution in [2.24, 2.45) is 0 Å². The number of amides is 1. The molecular weight excluding hydrogens is 383 g/mol. The van der Waals surface area contributed by atoms with Gasteiger partial charge in [0.25, 0.3) is 0 Å². The second kappa shape index (κ2) is 7.89. The lowest BCUT2D eigenvalue weighted by molar-refractivity contribution is -0.137. The summed E-state index contributed by atoms with van der Waals surface area (Å²) in [5.41, 5.74) is 1.75. The molecule has 0 aliphatic carbocycles. The summed E-state index contributed by atoms with van der Waals surface area (Å²) in [4.78, 5) is 19.1. The lowest BCUT2D eigenvalue weighted by atomic mass is 9.99. The van der Waals surface area contributed by atoms with Crippen molar-refractivity contribution in [1.82, 2.24) is 19.7 Å². The van der Waals surface area contributed by atoms with Crippen LogP contribution in [-0.4, -0.2) is 43.8 Å². The van der Waals surface area contributed by atoms with Gasteiger partial charge in [0.05, 0.1) is 6.20 Å². The minimum absolute atomic E-state index is 0.0959. The SMILES string of the molecule is O=C(Cn1cc(-c2ccc(F)cc2)cn1)N1C2CCC1CC(Oc1ccncc1)C2. The average molecular weight is 406 g/mol. The Bertz CT molecular complexity index is 1010. The number of carbonyl (C=O) groups excluding carboxylic acids is 1. The van der Waals surface area contributed by atoms with E-state index in [0.717, 1.165) is 42.6 Å². The van der Waals surface area contributed by atoms with Crippen molar-refractivity contribution in [2.75, 3.05) is 0 Å². The molecule has 2 atom stereocenters. The Morgan fingerprint density at radius 1 is 1.03 bits per heavy atom. The van der Waals surface area contributed by atoms with Crippen LogP contribution in [0.15, 0.2) is 61.2 Å². The number of nitrogens with zero attached hydrogens (tertiary/aromatic N) is 4. The summed E-state index contributed by atoms with van der Waals surface area (Å²) in [7, 11) is 0. The number of benzene rings is 1. The number of piperidine rings is 1. The Morgan fingerprint density at radius 3 is 2.43 bits per heavy atom. The highest BCUT2D eigenvalue weighted by Gasteiger charge is 2.43. The Kier molecular flexibility index (Phi) is 4.94. The van der Waals surface area contributed by atoms with E-state index in [4.69, 9.17) is 4.74 Å². The van der Waals surface area contributed by atoms with E-state index in [1.807, 2.05) is 23.2 Å². The van der Waals surface area contributed by atoms with Gasteiger partial charge in [0.15, 0.2) is 0 Å². The normalized spacial score (nSPS) is 22.8. The van der Waals surface area contributed by atoms with Crippen LogP contribution in [0.1, 0.15) is 25.7 Å². The zero-order chi connectivity index (χ0) is 20.5. The van der Waals surface area contributed by atoms with Gasteiger partial charge >= 0.3 is 0 Å². The van der Waals surface area contributed by atoms with Gasteiger partial charge in [0.2, 0.25) is 5.91 Å². The summed E-state index contributed by atoms with van der Waals surface area (Å²) in [6.07, 6.45) is 10.9. The van der Waals surface area contributed by atoms with Crippen LogP contribution in [0.25, 0.3) is 11.1 Å². The Balaban J connectivity index is 1.23. The lowest BCUT2D eigenvalue weighted by Crippen LogP contribution is -2.50. The van der Waals surface area contributed by atoms with Crippen LogP contribution in [0.2, 0.25) is 0 Å². The maximum absolute atomic E-state index is 13.1. The number of fused-ring (bicyclic) bond motifs is 2. The third kappa shape index (κ3) is 3.79. The van der Waals surface area contributed by atoms with E-state index in [1.54, 1.807) is 35.4 Å². The van der Waals surface area contributed by atoms with E-state index >= 15 is 0 Å². The van der Waals surface area contributed by atoms with E-state index in [0.29, 0.717) is 0 Å². The molecular formula is C23H23FN4O2. The maximum Gasteiger partial charge on any atom is 0.244 e. The van der Waals surface area contributed by atoms with Gasteiger partial charge in [-0.3, -0.25) is 14.5 Å². The molecule has 0 N–H and O–H groups in total. The highest BCUT2D eigenvalue weighted by atomic mass is 19.1. The number of pyridine rings is 1. The van der Waals surface area contributed by atoms with Gasteiger partial charge in [-0.05, 0) is 42.7 Å². The van der Waals surface area contributed by atoms with Gasteiger partial charge in [-0.1, -0.05) is 12.1 Å². The molecule has 30 heavy (non-hydrogen) atoms. The van der Waals surface area contributed by atoms with Crippen molar-refractivity contribution in [3.05, 3.63) is 67.0 Å². The molecule has 2 fully saturated rings. The first-order valence-corrected chi connectivity index (χ1v) is 10.3. The molecule has 0 saturated carbocycles. The van der Waals surface area contributed by atoms with Crippen molar-refractivity contribution >= 4 is 5.91 Å². The Hall–Kier alpha value is -3.22. The highest BCUT2D eigenvalue weighted by Crippen LogP contribution is 2.37. The van der Waals surface area contributed by atoms with Crippen LogP contribution in [0.3, 0.4) is 0 Å². The number of hydrogen-bond acceptors (Lipinski definition) is 4. The maximum atomic E-state index is 13.1. The third-order valence-electron chi connectivity index (χ3n) is 6.04. The topological polar surface area (TPSA) is 60.2 Å². The molecule has 5 rings (SSSR count). The van der Waals surface area contributed by atoms with Crippen molar-refractivity contribution in [3.63, 3.8) is 0 Å². The predicted molar refractivity (Wildman–Crippen MR) is 109 cm³/mol. The van der Waals surface area contributed by atoms with E-state index in [2.05, 4.69) is 10.1 Å². The first-order chi connectivity index (χ1) is 14.7. The van der Waals surface area contributed by atoms with Crippen LogP contribution < -0.4 is 4.74 Å². The molecule has 0 spiro atoms. The fourth-order valence-electron chi connectivity index (χ4n) is 4.70. The molecule has 1 amide bonds. The molecule has 4 heterocycles. The number of ether oxygens (including phenoxy) is 1. The number of halogens is 1. The smallest absolute Gasteiger partial charge is 0.244 e. The lowest BCUT2D eigenvalue weighted by Gasteiger charge is -2.39. The van der Waals surface area contributed by atoms with Gasteiger partial charge in [-0.2, -0.15) is 5.10 Å². The first-order valence-electron chi connectivity index (χ1n) is 10.3. The van der Waals surface area contributed by atoms with E-state index in [-0.39, 0.29) is 36.5 Å². The average Bonchev–Trinajstić information content (AvgIpc) is 3.32. The van der Waals surface area contributed by atoms with Gasteiger partial charge < -0.3 is 9.64 Å². The van der Waals surface area contributed by atoms with Gasteiger partial charge in [-0.25, -0.2) is 4.39 Å². The standard InChI is InChI=1S/C23H23FN4O2/c24-18-3-1-16(2-4-18)17-13-26-27(14-17)15-23(29)28-19-5-6-20(28)12-22(11-19)30-21-7-9-25-10-8-21/h1-4,7-10,13-14,19-20,22H,5-6,11-12,15H2. The zero-order valence-corrected chi connectivity index (χ0v) is 16.5. The molecule has 7 heteroatoms. The second-order valence-corrected chi connectivity index (χ2v) is 8.01. The highest BCUT2D eigenvalue weighted by molar-refractivity contribution is 5.77. The molecule has 2 unspecified atom stereocenters. The largest absolute Gasteiger partial charge is 0.490 e. The molecule has 2 saturated heterocycles. The summed E-state index contributed by atoms with van der Waals surface area (Å²) >= 11 is 0. The van der Waals surface area contributed by atoms with E-state index in [1.165, 1.54) is 12.1 Å². The summed E-state index contributed by atoms with van der Waals surface area (Å²) in [5.74, 6) is 0.658. The van der Waals surface area contributed by atoms with E-state index < -0.39 is 0 Å². The van der Waals surface area contributed by atoms with Gasteiger partial charge in [0, 0.05) is 49.1 Å². The number of rotatable bonds is 5. The van der Waals surface area contributed by atoms with Gasteiger partial charge in [-0.15, -0.1) is 0 Å². The van der Waals surface area contributed by atoms with Crippen LogP contribution in [-0.2, 0) is 11.3 Å². The molecule has 3 aromatic rings. The van der Waals surface area contributed by atoms with Crippen molar-refractivity contribution in [1.29, 1.82) is 0 Å². The summed E-state index contributed by atoms with van der Waals surface area (Å²) in [6, 6.07) is 10.5. The quantitative estimate of drug-likeness (QED) is 0.649. The number of aromatic nitrogens is 3. The molecule has 2 bridgehead atoms. The molecule has 1 aromatic carbocycles. The summed E-state index contributed by atoms with van der Waals surface area (Å²) < 4.78 is 20.9. The minimum Gasteiger partial charge on any atom is -0.490 e. The molecule has 0 radical (unpaired) electrons. The van der Waals surface area contributed by atoms with Crippen LogP contribution in [0.4, 0.5) is 4.39 Å². The summed E-state index contributed by atoms with van der Waals surface area (Å²) in [6.45, 7) is 0.212. The summed E-state index contributed by atoms with van der Waals surface area (Å²) in [5, 5.41) is 4.34. The van der Waals surface area contributed by atoms with Crippen molar-refractivity contribution in [3.8, 4) is 16.9 Å². The molecule has 2 aliphatic heterocycles. The van der Waals surface area contributed by atoms with Gasteiger partial charge in [0.1, 0.15) is 24.2 Å². The fourth-order valence-corrected chi connectivity index (χ4v) is 4.70. The third-order valence-corrected chi connectivity index (χ3v) is 6.04. The van der Waals surface area contributed by atoms with Crippen LogP contribution >= 0.6 is 0 Å². The monoisotopic (exact) mass is 406 g/mol.